The second kappa shape index (κ2) is 4.40. The Kier molecular flexibility index (Phi) is 3.15. The quantitative estimate of drug-likeness (QED) is 0.859. The van der Waals surface area contributed by atoms with Crippen LogP contribution in [0, 0.1) is 12.3 Å². The number of nitrogens with one attached hydrogen (secondary N) is 1. The van der Waals surface area contributed by atoms with Crippen molar-refractivity contribution < 1.29 is 18.7 Å². The number of aromatic carboxylic acids is 1. The van der Waals surface area contributed by atoms with Crippen molar-refractivity contribution in [1.29, 1.82) is 0 Å². The van der Waals surface area contributed by atoms with E-state index in [1.54, 1.807) is 13.8 Å². The lowest BCUT2D eigenvalue weighted by Crippen LogP contribution is -2.15. The molecule has 1 aliphatic rings. The zero-order chi connectivity index (χ0) is 14.3. The Labute approximate surface area is 109 Å². The number of aromatic nitrogens is 2. The molecular formula is C12H15F2N3O2. The first kappa shape index (κ1) is 13.6. The molecule has 7 heteroatoms. The average molecular weight is 271 g/mol. The molecule has 1 fully saturated rings. The van der Waals surface area contributed by atoms with Gasteiger partial charge in [-0.1, -0.05) is 6.92 Å². The van der Waals surface area contributed by atoms with Crippen LogP contribution in [-0.2, 0) is 0 Å². The van der Waals surface area contributed by atoms with E-state index in [2.05, 4.69) is 15.5 Å². The third-order valence-corrected chi connectivity index (χ3v) is 3.54. The van der Waals surface area contributed by atoms with Gasteiger partial charge in [0.05, 0.1) is 0 Å². The summed E-state index contributed by atoms with van der Waals surface area (Å²) in [6.07, 6.45) is 0.256. The molecule has 1 heterocycles. The highest BCUT2D eigenvalue weighted by atomic mass is 19.3. The van der Waals surface area contributed by atoms with Crippen LogP contribution in [0.5, 0.6) is 0 Å². The largest absolute Gasteiger partial charge is 0.476 e. The van der Waals surface area contributed by atoms with Gasteiger partial charge in [0, 0.05) is 18.4 Å². The summed E-state index contributed by atoms with van der Waals surface area (Å²) in [5.74, 6) is -3.28. The highest BCUT2D eigenvalue weighted by Crippen LogP contribution is 2.62. The smallest absolute Gasteiger partial charge is 0.356 e. The number of carboxylic acid groups (broad SMARTS) is 1. The number of aryl methyl sites for hydroxylation is 1. The van der Waals surface area contributed by atoms with Gasteiger partial charge < -0.3 is 10.4 Å². The van der Waals surface area contributed by atoms with Gasteiger partial charge in [0.25, 0.3) is 5.92 Å². The Morgan fingerprint density at radius 2 is 2.16 bits per heavy atom. The molecule has 5 nitrogen and oxygen atoms in total. The number of carbonyl (C=O) groups is 1. The predicted octanol–water partition coefficient (Wildman–Crippen LogP) is 2.33. The van der Waals surface area contributed by atoms with E-state index in [4.69, 9.17) is 5.11 Å². The van der Waals surface area contributed by atoms with Gasteiger partial charge in [-0.25, -0.2) is 13.6 Å². The third kappa shape index (κ3) is 2.64. The van der Waals surface area contributed by atoms with E-state index < -0.39 is 17.3 Å². The van der Waals surface area contributed by atoms with Crippen molar-refractivity contribution in [3.05, 3.63) is 17.3 Å². The molecule has 2 N–H and O–H groups in total. The molecule has 0 aromatic carbocycles. The SMILES string of the molecule is Cc1cc(C(=O)O)nnc1NCCC1(C)CC1(F)F. The van der Waals surface area contributed by atoms with Crippen LogP contribution in [0.3, 0.4) is 0 Å². The number of carboxylic acids is 1. The number of hydrogen-bond donors (Lipinski definition) is 2. The van der Waals surface area contributed by atoms with Crippen molar-refractivity contribution >= 4 is 11.8 Å². The highest BCUT2D eigenvalue weighted by molar-refractivity contribution is 5.85. The van der Waals surface area contributed by atoms with Crippen LogP contribution in [0.1, 0.15) is 35.8 Å². The van der Waals surface area contributed by atoms with Crippen molar-refractivity contribution in [3.8, 4) is 0 Å². The van der Waals surface area contributed by atoms with Crippen molar-refractivity contribution in [2.24, 2.45) is 5.41 Å². The molecule has 104 valence electrons. The monoisotopic (exact) mass is 271 g/mol. The fourth-order valence-electron chi connectivity index (χ4n) is 1.94. The highest BCUT2D eigenvalue weighted by Gasteiger charge is 2.66. The van der Waals surface area contributed by atoms with E-state index >= 15 is 0 Å². The van der Waals surface area contributed by atoms with Gasteiger partial charge >= 0.3 is 5.97 Å². The van der Waals surface area contributed by atoms with Crippen molar-refractivity contribution in [2.75, 3.05) is 11.9 Å². The molecule has 0 amide bonds. The van der Waals surface area contributed by atoms with E-state index in [9.17, 15) is 13.6 Å². The van der Waals surface area contributed by atoms with E-state index in [1.807, 2.05) is 0 Å². The van der Waals surface area contributed by atoms with Gasteiger partial charge in [-0.2, -0.15) is 0 Å². The van der Waals surface area contributed by atoms with E-state index in [1.165, 1.54) is 6.07 Å². The summed E-state index contributed by atoms with van der Waals surface area (Å²) in [7, 11) is 0. The van der Waals surface area contributed by atoms with Crippen molar-refractivity contribution in [1.82, 2.24) is 10.2 Å². The molecule has 0 aliphatic heterocycles. The first-order valence-electron chi connectivity index (χ1n) is 5.94. The lowest BCUT2D eigenvalue weighted by atomic mass is 10.1. The maximum absolute atomic E-state index is 13.0. The molecule has 1 atom stereocenters. The fourth-order valence-corrected chi connectivity index (χ4v) is 1.94. The molecule has 0 spiro atoms. The van der Waals surface area contributed by atoms with Crippen LogP contribution in [0.25, 0.3) is 0 Å². The number of halogens is 2. The first-order valence-corrected chi connectivity index (χ1v) is 5.94. The molecule has 1 unspecified atom stereocenters. The van der Waals surface area contributed by atoms with E-state index in [0.29, 0.717) is 24.3 Å². The summed E-state index contributed by atoms with van der Waals surface area (Å²) in [6.45, 7) is 3.60. The number of hydrogen-bond acceptors (Lipinski definition) is 4. The van der Waals surface area contributed by atoms with Crippen LogP contribution in [0.15, 0.2) is 6.07 Å². The maximum Gasteiger partial charge on any atom is 0.356 e. The van der Waals surface area contributed by atoms with Crippen LogP contribution in [-0.4, -0.2) is 33.7 Å². The maximum atomic E-state index is 13.0. The second-order valence-corrected chi connectivity index (χ2v) is 5.19. The second-order valence-electron chi connectivity index (χ2n) is 5.19. The number of rotatable bonds is 5. The Hall–Kier alpha value is -1.79. The summed E-state index contributed by atoms with van der Waals surface area (Å²) >= 11 is 0. The predicted molar refractivity (Wildman–Crippen MR) is 64.5 cm³/mol. The topological polar surface area (TPSA) is 75.1 Å². The summed E-state index contributed by atoms with van der Waals surface area (Å²) in [5, 5.41) is 18.9. The van der Waals surface area contributed by atoms with Crippen molar-refractivity contribution in [2.45, 2.75) is 32.6 Å². The molecule has 1 aliphatic carbocycles. The zero-order valence-electron chi connectivity index (χ0n) is 10.7. The molecule has 0 bridgehead atoms. The summed E-state index contributed by atoms with van der Waals surface area (Å²) < 4.78 is 26.0. The Morgan fingerprint density at radius 3 is 2.63 bits per heavy atom. The normalized spacial score (nSPS) is 24.0. The molecule has 0 radical (unpaired) electrons. The van der Waals surface area contributed by atoms with Crippen LogP contribution in [0.4, 0.5) is 14.6 Å². The van der Waals surface area contributed by atoms with Gasteiger partial charge in [-0.3, -0.25) is 0 Å². The van der Waals surface area contributed by atoms with Gasteiger partial charge in [-0.05, 0) is 25.0 Å². The molecule has 0 saturated heterocycles. The Morgan fingerprint density at radius 1 is 1.53 bits per heavy atom. The molecule has 1 aromatic heterocycles. The fraction of sp³-hybridized carbons (Fsp3) is 0.583. The summed E-state index contributed by atoms with van der Waals surface area (Å²) in [4.78, 5) is 10.7. The lowest BCUT2D eigenvalue weighted by molar-refractivity contribution is 0.0676. The van der Waals surface area contributed by atoms with Gasteiger partial charge in [0.1, 0.15) is 0 Å². The molecule has 2 rings (SSSR count). The number of anilines is 1. The first-order chi connectivity index (χ1) is 8.75. The van der Waals surface area contributed by atoms with Gasteiger partial charge in [-0.15, -0.1) is 10.2 Å². The van der Waals surface area contributed by atoms with E-state index in [-0.39, 0.29) is 12.1 Å². The standard InChI is InChI=1S/C12H15F2N3O2/c1-7-5-8(10(18)19)16-17-9(7)15-4-3-11(2)6-12(11,13)14/h5H,3-4,6H2,1-2H3,(H,15,17)(H,18,19). The molecular weight excluding hydrogens is 256 g/mol. The van der Waals surface area contributed by atoms with Gasteiger partial charge in [0.2, 0.25) is 0 Å². The van der Waals surface area contributed by atoms with Gasteiger partial charge in [0.15, 0.2) is 11.5 Å². The molecule has 1 saturated carbocycles. The number of alkyl halides is 2. The van der Waals surface area contributed by atoms with Crippen LogP contribution >= 0.6 is 0 Å². The number of nitrogens with zero attached hydrogens (tertiary/aromatic N) is 2. The van der Waals surface area contributed by atoms with Crippen LogP contribution in [0.2, 0.25) is 0 Å². The Balaban J connectivity index is 1.92. The summed E-state index contributed by atoms with van der Waals surface area (Å²) in [5.41, 5.74) is -0.439. The summed E-state index contributed by atoms with van der Waals surface area (Å²) in [6, 6.07) is 1.39. The lowest BCUT2D eigenvalue weighted by Gasteiger charge is -2.12. The molecule has 1 aromatic rings. The third-order valence-electron chi connectivity index (χ3n) is 3.54. The van der Waals surface area contributed by atoms with Crippen molar-refractivity contribution in [3.63, 3.8) is 0 Å². The Bertz CT molecular complexity index is 522. The van der Waals surface area contributed by atoms with E-state index in [0.717, 1.165) is 0 Å². The van der Waals surface area contributed by atoms with Crippen LogP contribution < -0.4 is 5.32 Å². The average Bonchev–Trinajstić information content (AvgIpc) is 2.80. The minimum atomic E-state index is -2.57. The zero-order valence-corrected chi connectivity index (χ0v) is 10.7. The minimum absolute atomic E-state index is 0.0791. The molecule has 19 heavy (non-hydrogen) atoms. The minimum Gasteiger partial charge on any atom is -0.476 e.